The second-order valence-corrected chi connectivity index (χ2v) is 8.50. The van der Waals surface area contributed by atoms with Crippen molar-refractivity contribution in [3.63, 3.8) is 0 Å². The molecule has 0 aliphatic heterocycles. The van der Waals surface area contributed by atoms with E-state index in [1.165, 1.54) is 0 Å². The quantitative estimate of drug-likeness (QED) is 0.446. The first kappa shape index (κ1) is 20.7. The number of aryl methyl sites for hydroxylation is 1. The monoisotopic (exact) mass is 378 g/mol. The highest BCUT2D eigenvalue weighted by Gasteiger charge is 2.31. The molecule has 26 heavy (non-hydrogen) atoms. The Balaban J connectivity index is 2.49. The van der Waals surface area contributed by atoms with E-state index in [1.54, 1.807) is 20.3 Å². The first-order valence-electron chi connectivity index (χ1n) is 8.78. The highest BCUT2D eigenvalue weighted by atomic mass is 31.1. The lowest BCUT2D eigenvalue weighted by Gasteiger charge is -2.32. The molecule has 0 heterocycles. The van der Waals surface area contributed by atoms with E-state index in [4.69, 9.17) is 14.2 Å². The Bertz CT molecular complexity index is 735. The SMILES string of the molecule is CCCC(C)(Pc1ccc(C)cc1F)c1cc(OC)ccc1OCOC. The Morgan fingerprint density at radius 3 is 2.50 bits per heavy atom. The van der Waals surface area contributed by atoms with Gasteiger partial charge in [-0.2, -0.15) is 0 Å². The minimum atomic E-state index is -0.261. The van der Waals surface area contributed by atoms with Gasteiger partial charge in [0.1, 0.15) is 17.3 Å². The molecule has 0 saturated heterocycles. The molecule has 0 amide bonds. The zero-order valence-electron chi connectivity index (χ0n) is 16.2. The summed E-state index contributed by atoms with van der Waals surface area (Å²) in [6, 6.07) is 11.2. The zero-order valence-corrected chi connectivity index (χ0v) is 17.2. The van der Waals surface area contributed by atoms with E-state index in [1.807, 2.05) is 37.3 Å². The van der Waals surface area contributed by atoms with E-state index >= 15 is 0 Å². The van der Waals surface area contributed by atoms with Crippen molar-refractivity contribution in [3.8, 4) is 11.5 Å². The van der Waals surface area contributed by atoms with Gasteiger partial charge in [-0.15, -0.1) is 0 Å². The van der Waals surface area contributed by atoms with Gasteiger partial charge in [0.05, 0.1) is 7.11 Å². The van der Waals surface area contributed by atoms with Crippen molar-refractivity contribution in [2.75, 3.05) is 21.0 Å². The van der Waals surface area contributed by atoms with Gasteiger partial charge in [-0.1, -0.05) is 41.0 Å². The number of hydrogen-bond donors (Lipinski definition) is 0. The first-order chi connectivity index (χ1) is 12.4. The van der Waals surface area contributed by atoms with Crippen molar-refractivity contribution in [1.29, 1.82) is 0 Å². The molecular weight excluding hydrogens is 350 g/mol. The van der Waals surface area contributed by atoms with E-state index in [0.717, 1.165) is 40.8 Å². The van der Waals surface area contributed by atoms with Crippen LogP contribution >= 0.6 is 8.58 Å². The Hall–Kier alpha value is -1.64. The summed E-state index contributed by atoms with van der Waals surface area (Å²) in [6.45, 7) is 6.39. The standard InChI is InChI=1S/C21H28FO3P/c1-6-11-21(3,26-20-10-7-15(2)12-18(20)22)17-13-16(24-5)8-9-19(17)25-14-23-4/h7-10,12-13,26H,6,11,14H2,1-5H3. The lowest BCUT2D eigenvalue weighted by atomic mass is 9.94. The smallest absolute Gasteiger partial charge is 0.188 e. The largest absolute Gasteiger partial charge is 0.497 e. The molecule has 2 atom stereocenters. The van der Waals surface area contributed by atoms with Crippen LogP contribution in [-0.2, 0) is 9.89 Å². The molecule has 3 nitrogen and oxygen atoms in total. The summed E-state index contributed by atoms with van der Waals surface area (Å²) in [5, 5.41) is 0.481. The van der Waals surface area contributed by atoms with Gasteiger partial charge in [0.15, 0.2) is 6.79 Å². The van der Waals surface area contributed by atoms with Crippen LogP contribution in [0.1, 0.15) is 37.8 Å². The van der Waals surface area contributed by atoms with Crippen molar-refractivity contribution < 1.29 is 18.6 Å². The first-order valence-corrected chi connectivity index (χ1v) is 9.78. The van der Waals surface area contributed by atoms with Crippen LogP contribution in [0.5, 0.6) is 11.5 Å². The summed E-state index contributed by atoms with van der Waals surface area (Å²) in [5.41, 5.74) is 1.95. The molecule has 2 aromatic carbocycles. The van der Waals surface area contributed by atoms with E-state index in [2.05, 4.69) is 13.8 Å². The predicted molar refractivity (Wildman–Crippen MR) is 107 cm³/mol. The summed E-state index contributed by atoms with van der Waals surface area (Å²) in [5.74, 6) is 1.37. The van der Waals surface area contributed by atoms with Crippen LogP contribution < -0.4 is 14.8 Å². The normalized spacial score (nSPS) is 13.8. The average molecular weight is 378 g/mol. The Morgan fingerprint density at radius 2 is 1.88 bits per heavy atom. The highest BCUT2D eigenvalue weighted by Crippen LogP contribution is 2.49. The second-order valence-electron chi connectivity index (χ2n) is 6.60. The molecule has 2 aromatic rings. The number of ether oxygens (including phenoxy) is 3. The maximum Gasteiger partial charge on any atom is 0.188 e. The van der Waals surface area contributed by atoms with Crippen LogP contribution in [0.3, 0.4) is 0 Å². The third-order valence-electron chi connectivity index (χ3n) is 4.40. The molecule has 2 unspecified atom stereocenters. The highest BCUT2D eigenvalue weighted by molar-refractivity contribution is 7.48. The predicted octanol–water partition coefficient (Wildman–Crippen LogP) is 5.14. The second kappa shape index (κ2) is 9.34. The number of halogens is 1. The summed E-state index contributed by atoms with van der Waals surface area (Å²) < 4.78 is 30.8. The fourth-order valence-corrected chi connectivity index (χ4v) is 4.76. The van der Waals surface area contributed by atoms with Gasteiger partial charge < -0.3 is 14.2 Å². The summed E-state index contributed by atoms with van der Waals surface area (Å²) in [6.07, 6.45) is 1.90. The lowest BCUT2D eigenvalue weighted by molar-refractivity contribution is 0.0500. The molecule has 2 rings (SSSR count). The Labute approximate surface area is 157 Å². The van der Waals surface area contributed by atoms with Gasteiger partial charge in [0.2, 0.25) is 0 Å². The van der Waals surface area contributed by atoms with E-state index in [0.29, 0.717) is 0 Å². The number of rotatable bonds is 9. The van der Waals surface area contributed by atoms with Gasteiger partial charge in [-0.3, -0.25) is 0 Å². The van der Waals surface area contributed by atoms with Gasteiger partial charge in [0.25, 0.3) is 0 Å². The molecule has 0 radical (unpaired) electrons. The van der Waals surface area contributed by atoms with Crippen LogP contribution in [0.25, 0.3) is 0 Å². The van der Waals surface area contributed by atoms with Crippen molar-refractivity contribution in [2.45, 2.75) is 38.8 Å². The maximum absolute atomic E-state index is 14.5. The van der Waals surface area contributed by atoms with Crippen molar-refractivity contribution in [1.82, 2.24) is 0 Å². The fraction of sp³-hybridized carbons (Fsp3) is 0.429. The summed E-state index contributed by atoms with van der Waals surface area (Å²) in [7, 11) is 3.52. The van der Waals surface area contributed by atoms with Crippen molar-refractivity contribution in [2.24, 2.45) is 0 Å². The molecule has 0 bridgehead atoms. The molecule has 0 N–H and O–H groups in total. The molecule has 0 spiro atoms. The van der Waals surface area contributed by atoms with Crippen molar-refractivity contribution in [3.05, 3.63) is 53.3 Å². The third kappa shape index (κ3) is 4.96. The van der Waals surface area contributed by atoms with Crippen molar-refractivity contribution >= 4 is 13.9 Å². The lowest BCUT2D eigenvalue weighted by Crippen LogP contribution is -2.22. The van der Waals surface area contributed by atoms with Gasteiger partial charge in [-0.05, 0) is 43.2 Å². The van der Waals surface area contributed by atoms with Gasteiger partial charge in [-0.25, -0.2) is 4.39 Å². The van der Waals surface area contributed by atoms with Crippen LogP contribution in [0.4, 0.5) is 4.39 Å². The maximum atomic E-state index is 14.5. The topological polar surface area (TPSA) is 27.7 Å². The minimum absolute atomic E-state index is 0.145. The van der Waals surface area contributed by atoms with E-state index in [9.17, 15) is 4.39 Å². The zero-order chi connectivity index (χ0) is 19.2. The molecule has 0 aromatic heterocycles. The molecule has 142 valence electrons. The number of hydrogen-bond acceptors (Lipinski definition) is 3. The van der Waals surface area contributed by atoms with Gasteiger partial charge >= 0.3 is 0 Å². The molecule has 0 saturated carbocycles. The molecular formula is C21H28FO3P. The third-order valence-corrected chi connectivity index (χ3v) is 6.14. The van der Waals surface area contributed by atoms with Crippen LogP contribution in [-0.4, -0.2) is 21.0 Å². The Kier molecular flexibility index (Phi) is 7.43. The Morgan fingerprint density at radius 1 is 1.12 bits per heavy atom. The fourth-order valence-electron chi connectivity index (χ4n) is 3.10. The molecule has 5 heteroatoms. The molecule has 0 aliphatic carbocycles. The summed E-state index contributed by atoms with van der Waals surface area (Å²) >= 11 is 0. The van der Waals surface area contributed by atoms with Crippen LogP contribution in [0, 0.1) is 12.7 Å². The van der Waals surface area contributed by atoms with E-state index in [-0.39, 0.29) is 26.3 Å². The van der Waals surface area contributed by atoms with Crippen LogP contribution in [0.2, 0.25) is 0 Å². The molecule has 0 fully saturated rings. The van der Waals surface area contributed by atoms with Gasteiger partial charge in [0, 0.05) is 23.1 Å². The molecule has 0 aliphatic rings. The number of methoxy groups -OCH3 is 2. The average Bonchev–Trinajstić information content (AvgIpc) is 2.62. The summed E-state index contributed by atoms with van der Waals surface area (Å²) in [4.78, 5) is 0. The minimum Gasteiger partial charge on any atom is -0.497 e. The van der Waals surface area contributed by atoms with Crippen LogP contribution in [0.15, 0.2) is 36.4 Å². The van der Waals surface area contributed by atoms with E-state index < -0.39 is 0 Å². The number of benzene rings is 2.